The zero-order valence-electron chi connectivity index (χ0n) is 16.3. The van der Waals surface area contributed by atoms with Crippen LogP contribution in [0.2, 0.25) is 0 Å². The molecule has 0 saturated carbocycles. The summed E-state index contributed by atoms with van der Waals surface area (Å²) < 4.78 is 107. The zero-order valence-corrected chi connectivity index (χ0v) is 16.3. The molecule has 11 heteroatoms. The molecule has 0 aliphatic heterocycles. The Balaban J connectivity index is 2.53. The summed E-state index contributed by atoms with van der Waals surface area (Å²) in [6.07, 6.45) is -12.6. The van der Waals surface area contributed by atoms with E-state index in [1.807, 2.05) is 0 Å². The van der Waals surface area contributed by atoms with Gasteiger partial charge in [0.25, 0.3) is 5.91 Å². The maximum absolute atomic E-state index is 14.4. The van der Waals surface area contributed by atoms with E-state index in [0.717, 1.165) is 13.0 Å². The number of carbonyl (C=O) groups is 1. The summed E-state index contributed by atoms with van der Waals surface area (Å²) in [5.74, 6) is -1.61. The lowest BCUT2D eigenvalue weighted by molar-refractivity contribution is -0.348. The van der Waals surface area contributed by atoms with Gasteiger partial charge in [-0.25, -0.2) is 8.78 Å². The van der Waals surface area contributed by atoms with Gasteiger partial charge in [-0.05, 0) is 42.7 Å². The fraction of sp³-hybridized carbons (Fsp3) is 0.350. The van der Waals surface area contributed by atoms with E-state index in [4.69, 9.17) is 5.73 Å². The van der Waals surface area contributed by atoms with E-state index in [1.165, 1.54) is 19.1 Å². The summed E-state index contributed by atoms with van der Waals surface area (Å²) >= 11 is 0. The van der Waals surface area contributed by atoms with Crippen LogP contribution in [-0.4, -0.2) is 18.3 Å². The van der Waals surface area contributed by atoms with Crippen molar-refractivity contribution in [1.29, 1.82) is 0 Å². The number of amides is 1. The number of rotatable bonds is 5. The first-order valence-electron chi connectivity index (χ1n) is 8.93. The van der Waals surface area contributed by atoms with Gasteiger partial charge in [0.05, 0.1) is 0 Å². The van der Waals surface area contributed by atoms with E-state index in [-0.39, 0.29) is 40.9 Å². The minimum atomic E-state index is -6.25. The summed E-state index contributed by atoms with van der Waals surface area (Å²) in [4.78, 5) is 12.4. The summed E-state index contributed by atoms with van der Waals surface area (Å²) in [5.41, 5.74) is -2.36. The molecule has 0 bridgehead atoms. The fourth-order valence-corrected chi connectivity index (χ4v) is 3.04. The van der Waals surface area contributed by atoms with E-state index in [2.05, 4.69) is 5.32 Å². The third-order valence-corrected chi connectivity index (χ3v) is 4.75. The topological polar surface area (TPSA) is 55.1 Å². The second-order valence-corrected chi connectivity index (χ2v) is 6.80. The summed E-state index contributed by atoms with van der Waals surface area (Å²) in [6, 6.07) is 4.23. The van der Waals surface area contributed by atoms with Crippen LogP contribution in [0.25, 0.3) is 0 Å². The van der Waals surface area contributed by atoms with Crippen LogP contribution in [0.1, 0.15) is 39.5 Å². The Bertz CT molecular complexity index is 968. The molecule has 0 saturated heterocycles. The molecule has 2 aromatic rings. The van der Waals surface area contributed by atoms with Crippen molar-refractivity contribution in [3.63, 3.8) is 0 Å². The second kappa shape index (κ2) is 8.45. The highest BCUT2D eigenvalue weighted by Gasteiger charge is 2.73. The van der Waals surface area contributed by atoms with Gasteiger partial charge in [-0.15, -0.1) is 0 Å². The Kier molecular flexibility index (Phi) is 6.70. The third kappa shape index (κ3) is 4.51. The van der Waals surface area contributed by atoms with Crippen LogP contribution in [0, 0.1) is 12.7 Å². The number of nitrogens with one attached hydrogen (secondary N) is 1. The molecule has 0 spiro atoms. The van der Waals surface area contributed by atoms with E-state index >= 15 is 0 Å². The van der Waals surface area contributed by atoms with Crippen molar-refractivity contribution in [3.8, 4) is 0 Å². The molecule has 31 heavy (non-hydrogen) atoms. The van der Waals surface area contributed by atoms with Crippen molar-refractivity contribution in [3.05, 3.63) is 64.0 Å². The van der Waals surface area contributed by atoms with Gasteiger partial charge in [-0.3, -0.25) is 4.79 Å². The number of hydrogen-bond donors (Lipinski definition) is 2. The van der Waals surface area contributed by atoms with Gasteiger partial charge in [-0.1, -0.05) is 19.1 Å². The van der Waals surface area contributed by atoms with Crippen LogP contribution in [0.5, 0.6) is 0 Å². The number of anilines is 1. The molecule has 1 amide bonds. The predicted octanol–water partition coefficient (Wildman–Crippen LogP) is 5.70. The molecule has 3 N–H and O–H groups in total. The SMILES string of the molecule is CCc1cc(C(F)(C(F)(F)F)C(F)(F)F)cc(C)c1NC(=O)c1ccc(CN)c(F)c1. The largest absolute Gasteiger partial charge is 0.435 e. The molecule has 0 aliphatic carbocycles. The number of carbonyl (C=O) groups excluding carboxylic acids is 1. The molecule has 3 nitrogen and oxygen atoms in total. The quantitative estimate of drug-likeness (QED) is 0.570. The van der Waals surface area contributed by atoms with Crippen molar-refractivity contribution in [2.45, 2.75) is 44.8 Å². The maximum atomic E-state index is 14.4. The highest BCUT2D eigenvalue weighted by Crippen LogP contribution is 2.53. The van der Waals surface area contributed by atoms with Crippen LogP contribution in [0.3, 0.4) is 0 Å². The first kappa shape index (κ1) is 24.6. The molecule has 0 aromatic heterocycles. The summed E-state index contributed by atoms with van der Waals surface area (Å²) in [5, 5.41) is 2.35. The number of halogens is 8. The molecule has 0 fully saturated rings. The molecule has 0 radical (unpaired) electrons. The van der Waals surface area contributed by atoms with Gasteiger partial charge < -0.3 is 11.1 Å². The Morgan fingerprint density at radius 2 is 1.55 bits per heavy atom. The van der Waals surface area contributed by atoms with Crippen LogP contribution in [0.4, 0.5) is 40.8 Å². The Morgan fingerprint density at radius 3 is 2.00 bits per heavy atom. The Labute approximate surface area is 172 Å². The van der Waals surface area contributed by atoms with Crippen molar-refractivity contribution in [1.82, 2.24) is 0 Å². The number of nitrogens with two attached hydrogens (primary N) is 1. The Morgan fingerprint density at radius 1 is 0.968 bits per heavy atom. The molecule has 2 rings (SSSR count). The molecule has 0 aliphatic rings. The molecule has 170 valence electrons. The summed E-state index contributed by atoms with van der Waals surface area (Å²) in [6.45, 7) is 2.42. The second-order valence-electron chi connectivity index (χ2n) is 6.80. The zero-order chi connectivity index (χ0) is 23.8. The standard InChI is InChI=1S/C20H18F8N2O/c1-3-11-7-14(18(22,19(23,24)25)20(26,27)28)6-10(2)16(11)30-17(31)12-4-5-13(9-29)15(21)8-12/h4-8H,3,9,29H2,1-2H3,(H,30,31). The Hall–Kier alpha value is -2.69. The molecular formula is C20H18F8N2O. The summed E-state index contributed by atoms with van der Waals surface area (Å²) in [7, 11) is 0. The molecule has 0 heterocycles. The smallest absolute Gasteiger partial charge is 0.326 e. The minimum absolute atomic E-state index is 0.0914. The number of alkyl halides is 7. The highest BCUT2D eigenvalue weighted by atomic mass is 19.4. The van der Waals surface area contributed by atoms with Crippen molar-refractivity contribution in [2.24, 2.45) is 5.73 Å². The van der Waals surface area contributed by atoms with Crippen molar-refractivity contribution < 1.29 is 39.9 Å². The van der Waals surface area contributed by atoms with E-state index in [0.29, 0.717) is 12.1 Å². The van der Waals surface area contributed by atoms with Crippen molar-refractivity contribution >= 4 is 11.6 Å². The first-order valence-corrected chi connectivity index (χ1v) is 8.93. The monoisotopic (exact) mass is 454 g/mol. The average Bonchev–Trinajstić information content (AvgIpc) is 2.66. The lowest BCUT2D eigenvalue weighted by atomic mass is 9.89. The maximum Gasteiger partial charge on any atom is 0.435 e. The minimum Gasteiger partial charge on any atom is -0.326 e. The number of benzene rings is 2. The molecular weight excluding hydrogens is 436 g/mol. The predicted molar refractivity (Wildman–Crippen MR) is 97.7 cm³/mol. The van der Waals surface area contributed by atoms with Crippen LogP contribution in [0.15, 0.2) is 30.3 Å². The van der Waals surface area contributed by atoms with Crippen molar-refractivity contribution in [2.75, 3.05) is 5.32 Å². The highest BCUT2D eigenvalue weighted by molar-refractivity contribution is 6.05. The average molecular weight is 454 g/mol. The third-order valence-electron chi connectivity index (χ3n) is 4.75. The molecule has 2 aromatic carbocycles. The lowest BCUT2D eigenvalue weighted by Crippen LogP contribution is -2.50. The van der Waals surface area contributed by atoms with Crippen LogP contribution in [-0.2, 0) is 18.6 Å². The normalized spacial score (nSPS) is 12.7. The number of hydrogen-bond acceptors (Lipinski definition) is 2. The van der Waals surface area contributed by atoms with Gasteiger partial charge in [0.1, 0.15) is 5.82 Å². The lowest BCUT2D eigenvalue weighted by Gasteiger charge is -2.31. The molecule has 0 atom stereocenters. The van der Waals surface area contributed by atoms with Gasteiger partial charge in [0.2, 0.25) is 0 Å². The number of aryl methyl sites for hydroxylation is 2. The van der Waals surface area contributed by atoms with Gasteiger partial charge in [0.15, 0.2) is 0 Å². The van der Waals surface area contributed by atoms with E-state index < -0.39 is 35.3 Å². The fourth-order valence-electron chi connectivity index (χ4n) is 3.04. The van der Waals surface area contributed by atoms with E-state index in [9.17, 15) is 39.9 Å². The first-order chi connectivity index (χ1) is 14.2. The van der Waals surface area contributed by atoms with Crippen LogP contribution >= 0.6 is 0 Å². The van der Waals surface area contributed by atoms with Gasteiger partial charge in [-0.2, -0.15) is 26.3 Å². The van der Waals surface area contributed by atoms with Gasteiger partial charge >= 0.3 is 18.0 Å². The molecule has 0 unspecified atom stereocenters. The van der Waals surface area contributed by atoms with Crippen LogP contribution < -0.4 is 11.1 Å². The van der Waals surface area contributed by atoms with E-state index in [1.54, 1.807) is 0 Å². The van der Waals surface area contributed by atoms with Gasteiger partial charge in [0, 0.05) is 28.9 Å².